The zero-order valence-electron chi connectivity index (χ0n) is 10.8. The molecule has 0 bridgehead atoms. The third kappa shape index (κ3) is 4.38. The Labute approximate surface area is 119 Å². The Hall–Kier alpha value is -0.760. The molecule has 1 unspecified atom stereocenters. The molecule has 1 aromatic heterocycles. The Morgan fingerprint density at radius 1 is 1.42 bits per heavy atom. The minimum Gasteiger partial charge on any atom is -0.316 e. The summed E-state index contributed by atoms with van der Waals surface area (Å²) in [6.45, 7) is 3.98. The van der Waals surface area contributed by atoms with Crippen molar-refractivity contribution in [1.82, 2.24) is 20.0 Å². The summed E-state index contributed by atoms with van der Waals surface area (Å²) in [5.41, 5.74) is 0.423. The molecule has 1 aromatic rings. The van der Waals surface area contributed by atoms with Crippen molar-refractivity contribution >= 4 is 22.4 Å². The molecule has 2 rings (SSSR count). The molecule has 108 valence electrons. The second-order valence-electron chi connectivity index (χ2n) is 4.51. The Morgan fingerprint density at radius 3 is 2.79 bits per heavy atom. The number of rotatable bonds is 4. The highest BCUT2D eigenvalue weighted by atomic mass is 35.5. The molecule has 2 heterocycles. The number of nitrogens with one attached hydrogen (secondary N) is 2. The van der Waals surface area contributed by atoms with Crippen LogP contribution in [0.15, 0.2) is 17.4 Å². The van der Waals surface area contributed by atoms with E-state index in [1.54, 1.807) is 6.92 Å². The highest BCUT2D eigenvalue weighted by Gasteiger charge is 2.21. The van der Waals surface area contributed by atoms with Crippen LogP contribution in [0.4, 0.5) is 0 Å². The Kier molecular flexibility index (Phi) is 6.12. The van der Waals surface area contributed by atoms with E-state index in [0.29, 0.717) is 18.2 Å². The van der Waals surface area contributed by atoms with E-state index in [1.807, 2.05) is 0 Å². The molecule has 8 heteroatoms. The summed E-state index contributed by atoms with van der Waals surface area (Å²) in [4.78, 5) is 7.83. The third-order valence-electron chi connectivity index (χ3n) is 3.05. The monoisotopic (exact) mass is 306 g/mol. The van der Waals surface area contributed by atoms with E-state index in [2.05, 4.69) is 20.0 Å². The van der Waals surface area contributed by atoms with Gasteiger partial charge in [-0.2, -0.15) is 0 Å². The van der Waals surface area contributed by atoms with Gasteiger partial charge in [0.2, 0.25) is 0 Å². The second kappa shape index (κ2) is 7.14. The first kappa shape index (κ1) is 16.3. The van der Waals surface area contributed by atoms with Crippen LogP contribution in [0.5, 0.6) is 0 Å². The minimum atomic E-state index is -3.54. The Morgan fingerprint density at radius 2 is 2.16 bits per heavy atom. The molecule has 0 amide bonds. The molecular weight excluding hydrogens is 288 g/mol. The zero-order valence-corrected chi connectivity index (χ0v) is 12.4. The lowest BCUT2D eigenvalue weighted by Crippen LogP contribution is -2.38. The van der Waals surface area contributed by atoms with Gasteiger partial charge in [-0.3, -0.25) is 4.98 Å². The molecule has 0 radical (unpaired) electrons. The van der Waals surface area contributed by atoms with Crippen LogP contribution in [-0.2, 0) is 10.0 Å². The van der Waals surface area contributed by atoms with Crippen LogP contribution in [-0.4, -0.2) is 38.0 Å². The maximum Gasteiger partial charge on any atom is 0.259 e. The number of nitrogens with zero attached hydrogens (tertiary/aromatic N) is 2. The summed E-state index contributed by atoms with van der Waals surface area (Å²) in [6, 6.07) is 0. The topological polar surface area (TPSA) is 84.0 Å². The van der Waals surface area contributed by atoms with Crippen molar-refractivity contribution in [1.29, 1.82) is 0 Å². The van der Waals surface area contributed by atoms with Gasteiger partial charge in [0.25, 0.3) is 10.0 Å². The number of halogens is 1. The molecule has 1 atom stereocenters. The molecule has 19 heavy (non-hydrogen) atoms. The predicted molar refractivity (Wildman–Crippen MR) is 74.8 cm³/mol. The van der Waals surface area contributed by atoms with Crippen molar-refractivity contribution in [2.75, 3.05) is 19.6 Å². The van der Waals surface area contributed by atoms with E-state index in [0.717, 1.165) is 25.9 Å². The Balaban J connectivity index is 0.00000180. The lowest BCUT2D eigenvalue weighted by molar-refractivity contribution is 0.375. The van der Waals surface area contributed by atoms with Crippen LogP contribution in [0.2, 0.25) is 0 Å². The average Bonchev–Trinajstić information content (AvgIpc) is 2.38. The summed E-state index contributed by atoms with van der Waals surface area (Å²) in [5.74, 6) is 0.352. The van der Waals surface area contributed by atoms with Gasteiger partial charge in [0.15, 0.2) is 5.03 Å². The normalized spacial score (nSPS) is 19.7. The van der Waals surface area contributed by atoms with E-state index in [4.69, 9.17) is 0 Å². The van der Waals surface area contributed by atoms with Crippen molar-refractivity contribution in [3.63, 3.8) is 0 Å². The van der Waals surface area contributed by atoms with E-state index in [-0.39, 0.29) is 17.4 Å². The molecular formula is C11H19ClN4O2S. The predicted octanol–water partition coefficient (Wildman–Crippen LogP) is 0.485. The first-order chi connectivity index (χ1) is 8.59. The third-order valence-corrected chi connectivity index (χ3v) is 4.51. The summed E-state index contributed by atoms with van der Waals surface area (Å²) < 4.78 is 26.7. The summed E-state index contributed by atoms with van der Waals surface area (Å²) >= 11 is 0. The van der Waals surface area contributed by atoms with Gasteiger partial charge in [0.1, 0.15) is 0 Å². The molecule has 1 aliphatic heterocycles. The fraction of sp³-hybridized carbons (Fsp3) is 0.636. The number of aromatic nitrogens is 2. The van der Waals surface area contributed by atoms with Gasteiger partial charge in [0, 0.05) is 18.9 Å². The van der Waals surface area contributed by atoms with Crippen molar-refractivity contribution in [2.45, 2.75) is 24.8 Å². The first-order valence-electron chi connectivity index (χ1n) is 6.07. The molecule has 1 fully saturated rings. The summed E-state index contributed by atoms with van der Waals surface area (Å²) in [5, 5.41) is 3.28. The van der Waals surface area contributed by atoms with Crippen LogP contribution >= 0.6 is 12.4 Å². The number of aryl methyl sites for hydroxylation is 1. The number of sulfonamides is 1. The highest BCUT2D eigenvalue weighted by Crippen LogP contribution is 2.11. The van der Waals surface area contributed by atoms with Gasteiger partial charge < -0.3 is 5.32 Å². The lowest BCUT2D eigenvalue weighted by atomic mass is 10.0. The van der Waals surface area contributed by atoms with Gasteiger partial charge in [-0.25, -0.2) is 18.1 Å². The van der Waals surface area contributed by atoms with Crippen LogP contribution in [0.3, 0.4) is 0 Å². The number of piperidine rings is 1. The highest BCUT2D eigenvalue weighted by molar-refractivity contribution is 7.89. The smallest absolute Gasteiger partial charge is 0.259 e. The van der Waals surface area contributed by atoms with Crippen LogP contribution in [0.25, 0.3) is 0 Å². The molecule has 1 aliphatic rings. The molecule has 2 N–H and O–H groups in total. The van der Waals surface area contributed by atoms with Crippen molar-refractivity contribution < 1.29 is 8.42 Å². The molecule has 0 aromatic carbocycles. The maximum absolute atomic E-state index is 12.1. The Bertz CT molecular complexity index is 503. The average molecular weight is 307 g/mol. The van der Waals surface area contributed by atoms with Crippen molar-refractivity contribution in [3.05, 3.63) is 18.1 Å². The molecule has 0 spiro atoms. The quantitative estimate of drug-likeness (QED) is 0.845. The van der Waals surface area contributed by atoms with Gasteiger partial charge in [-0.15, -0.1) is 12.4 Å². The zero-order chi connectivity index (χ0) is 13.0. The van der Waals surface area contributed by atoms with Gasteiger partial charge in [-0.05, 0) is 38.8 Å². The largest absolute Gasteiger partial charge is 0.316 e. The molecule has 0 aliphatic carbocycles. The van der Waals surface area contributed by atoms with Crippen LogP contribution in [0.1, 0.15) is 18.5 Å². The minimum absolute atomic E-state index is 0. The molecule has 0 saturated carbocycles. The SMILES string of the molecule is Cc1nccnc1S(=O)(=O)NCC1CCCNC1.Cl. The maximum atomic E-state index is 12.1. The van der Waals surface area contributed by atoms with Crippen LogP contribution in [0, 0.1) is 12.8 Å². The van der Waals surface area contributed by atoms with Gasteiger partial charge in [-0.1, -0.05) is 0 Å². The number of hydrogen-bond donors (Lipinski definition) is 2. The fourth-order valence-corrected chi connectivity index (χ4v) is 3.29. The van der Waals surface area contributed by atoms with E-state index >= 15 is 0 Å². The van der Waals surface area contributed by atoms with Gasteiger partial charge >= 0.3 is 0 Å². The van der Waals surface area contributed by atoms with Crippen LogP contribution < -0.4 is 10.0 Å². The lowest BCUT2D eigenvalue weighted by Gasteiger charge is -2.22. The van der Waals surface area contributed by atoms with E-state index in [9.17, 15) is 8.42 Å². The van der Waals surface area contributed by atoms with E-state index in [1.165, 1.54) is 12.4 Å². The second-order valence-corrected chi connectivity index (χ2v) is 6.19. The molecule has 1 saturated heterocycles. The molecule has 6 nitrogen and oxygen atoms in total. The first-order valence-corrected chi connectivity index (χ1v) is 7.56. The van der Waals surface area contributed by atoms with Crippen molar-refractivity contribution in [2.24, 2.45) is 5.92 Å². The summed E-state index contributed by atoms with van der Waals surface area (Å²) in [6.07, 6.45) is 5.02. The fourth-order valence-electron chi connectivity index (χ4n) is 2.05. The van der Waals surface area contributed by atoms with Crippen molar-refractivity contribution in [3.8, 4) is 0 Å². The standard InChI is InChI=1S/C11H18N4O2S.ClH/c1-9-11(14-6-5-13-9)18(16,17)15-8-10-3-2-4-12-7-10;/h5-6,10,12,15H,2-4,7-8H2,1H3;1H. The van der Waals surface area contributed by atoms with E-state index < -0.39 is 10.0 Å². The number of hydrogen-bond acceptors (Lipinski definition) is 5. The summed E-state index contributed by atoms with van der Waals surface area (Å²) in [7, 11) is -3.54. The van der Waals surface area contributed by atoms with Gasteiger partial charge in [0.05, 0.1) is 5.69 Å².